The zero-order valence-corrected chi connectivity index (χ0v) is 17.8. The molecule has 2 aromatic carbocycles. The molecule has 33 heavy (non-hydrogen) atoms. The molecule has 0 aliphatic rings. The van der Waals surface area contributed by atoms with Crippen LogP contribution in [0.4, 0.5) is 11.5 Å². The number of aromatic nitrogens is 4. The van der Waals surface area contributed by atoms with Gasteiger partial charge >= 0.3 is 5.97 Å². The zero-order valence-electron chi connectivity index (χ0n) is 17.8. The van der Waals surface area contributed by atoms with Gasteiger partial charge in [0.15, 0.2) is 0 Å². The number of benzene rings is 2. The minimum absolute atomic E-state index is 0.0987. The quantitative estimate of drug-likeness (QED) is 0.329. The number of nitrogens with zero attached hydrogens (tertiary/aromatic N) is 3. The largest absolute Gasteiger partial charge is 0.480 e. The fraction of sp³-hybridized carbons (Fsp3) is 0.125. The van der Waals surface area contributed by atoms with Crippen LogP contribution >= 0.6 is 0 Å². The first-order valence-electron chi connectivity index (χ1n) is 10.3. The van der Waals surface area contributed by atoms with E-state index in [0.29, 0.717) is 28.6 Å². The van der Waals surface area contributed by atoms with Crippen molar-refractivity contribution in [1.82, 2.24) is 25.3 Å². The van der Waals surface area contributed by atoms with Crippen LogP contribution in [0.2, 0.25) is 0 Å². The molecule has 0 fully saturated rings. The smallest absolute Gasteiger partial charge is 0.326 e. The second-order valence-electron chi connectivity index (χ2n) is 7.40. The van der Waals surface area contributed by atoms with Gasteiger partial charge in [0.1, 0.15) is 17.7 Å². The van der Waals surface area contributed by atoms with Crippen LogP contribution in [0.15, 0.2) is 73.2 Å². The summed E-state index contributed by atoms with van der Waals surface area (Å²) in [5.74, 6) is -0.427. The van der Waals surface area contributed by atoms with E-state index in [0.717, 1.165) is 11.3 Å². The summed E-state index contributed by atoms with van der Waals surface area (Å²) in [7, 11) is 0. The number of nitrogens with one attached hydrogen (secondary N) is 3. The van der Waals surface area contributed by atoms with Gasteiger partial charge in [-0.15, -0.1) is 0 Å². The van der Waals surface area contributed by atoms with Crippen molar-refractivity contribution in [2.24, 2.45) is 0 Å². The van der Waals surface area contributed by atoms with Crippen molar-refractivity contribution >= 4 is 23.4 Å². The lowest BCUT2D eigenvalue weighted by atomic mass is 10.1. The number of hydrogen-bond acceptors (Lipinski definition) is 6. The zero-order chi connectivity index (χ0) is 23.2. The molecule has 2 heterocycles. The summed E-state index contributed by atoms with van der Waals surface area (Å²) in [5, 5.41) is 15.3. The first-order valence-corrected chi connectivity index (χ1v) is 10.3. The van der Waals surface area contributed by atoms with Crippen molar-refractivity contribution in [3.8, 4) is 11.3 Å². The van der Waals surface area contributed by atoms with Crippen LogP contribution in [0.25, 0.3) is 11.3 Å². The number of carboxylic acid groups (broad SMARTS) is 1. The highest BCUT2D eigenvalue weighted by Gasteiger charge is 2.22. The number of carbonyl (C=O) groups excluding carboxylic acids is 1. The highest BCUT2D eigenvalue weighted by molar-refractivity contribution is 5.97. The molecule has 166 valence electrons. The molecule has 0 saturated heterocycles. The Morgan fingerprint density at radius 3 is 2.61 bits per heavy atom. The number of aryl methyl sites for hydroxylation is 1. The molecule has 4 N–H and O–H groups in total. The fourth-order valence-corrected chi connectivity index (χ4v) is 3.33. The van der Waals surface area contributed by atoms with Gasteiger partial charge in [-0.25, -0.2) is 19.7 Å². The predicted octanol–water partition coefficient (Wildman–Crippen LogP) is 3.34. The summed E-state index contributed by atoms with van der Waals surface area (Å²) in [5.41, 5.74) is 3.33. The summed E-state index contributed by atoms with van der Waals surface area (Å²) in [6, 6.07) is 17.3. The normalized spacial score (nSPS) is 11.5. The SMILES string of the molecule is Cc1nc(Nc2cccc(C(=O)NC(Cc3cnc[nH]3)C(=O)O)c2)cc(-c2ccccc2)n1. The van der Waals surface area contributed by atoms with Gasteiger partial charge in [0.25, 0.3) is 5.91 Å². The van der Waals surface area contributed by atoms with Crippen LogP contribution in [-0.2, 0) is 11.2 Å². The molecule has 1 unspecified atom stereocenters. The highest BCUT2D eigenvalue weighted by Crippen LogP contribution is 2.22. The number of imidazole rings is 1. The maximum absolute atomic E-state index is 12.7. The molecule has 0 aliphatic heterocycles. The third-order valence-corrected chi connectivity index (χ3v) is 4.89. The Kier molecular flexibility index (Phi) is 6.40. The van der Waals surface area contributed by atoms with Gasteiger partial charge in [0.2, 0.25) is 0 Å². The van der Waals surface area contributed by atoms with Gasteiger partial charge in [0.05, 0.1) is 12.0 Å². The molecule has 9 nitrogen and oxygen atoms in total. The van der Waals surface area contributed by atoms with E-state index in [4.69, 9.17) is 0 Å². The molecule has 0 bridgehead atoms. The Labute approximate surface area is 190 Å². The Morgan fingerprint density at radius 1 is 1.06 bits per heavy atom. The summed E-state index contributed by atoms with van der Waals surface area (Å²) in [6.45, 7) is 1.81. The third-order valence-electron chi connectivity index (χ3n) is 4.89. The number of carbonyl (C=O) groups is 2. The Hall–Kier alpha value is -4.53. The number of amides is 1. The summed E-state index contributed by atoms with van der Waals surface area (Å²) in [4.78, 5) is 40.0. The van der Waals surface area contributed by atoms with Crippen molar-refractivity contribution in [3.05, 3.63) is 90.3 Å². The van der Waals surface area contributed by atoms with Crippen molar-refractivity contribution in [2.75, 3.05) is 5.32 Å². The second kappa shape index (κ2) is 9.73. The summed E-state index contributed by atoms with van der Waals surface area (Å²) in [6.07, 6.45) is 3.09. The standard InChI is InChI=1S/C24H22N6O3/c1-15-27-20(16-6-3-2-4-7-16)12-22(28-15)29-18-9-5-8-17(10-18)23(31)30-21(24(32)33)11-19-13-25-14-26-19/h2-10,12-14,21H,11H2,1H3,(H,25,26)(H,30,31)(H,32,33)(H,27,28,29). The van der Waals surface area contributed by atoms with Crippen molar-refractivity contribution in [3.63, 3.8) is 0 Å². The van der Waals surface area contributed by atoms with Gasteiger partial charge in [-0.2, -0.15) is 0 Å². The third kappa shape index (κ3) is 5.59. The van der Waals surface area contributed by atoms with E-state index in [1.807, 2.05) is 43.3 Å². The number of carboxylic acids is 1. The van der Waals surface area contributed by atoms with Gasteiger partial charge in [-0.1, -0.05) is 36.4 Å². The van der Waals surface area contributed by atoms with Gasteiger partial charge < -0.3 is 20.7 Å². The molecule has 9 heteroatoms. The summed E-state index contributed by atoms with van der Waals surface area (Å²) >= 11 is 0. The molecule has 4 rings (SSSR count). The molecule has 0 radical (unpaired) electrons. The molecule has 1 atom stereocenters. The number of H-pyrrole nitrogens is 1. The van der Waals surface area contributed by atoms with E-state index in [2.05, 4.69) is 30.6 Å². The molecule has 1 amide bonds. The van der Waals surface area contributed by atoms with Crippen LogP contribution < -0.4 is 10.6 Å². The van der Waals surface area contributed by atoms with E-state index in [9.17, 15) is 14.7 Å². The summed E-state index contributed by atoms with van der Waals surface area (Å²) < 4.78 is 0. The Balaban J connectivity index is 1.50. The Bertz CT molecular complexity index is 1260. The van der Waals surface area contributed by atoms with Crippen molar-refractivity contribution in [2.45, 2.75) is 19.4 Å². The van der Waals surface area contributed by atoms with E-state index in [1.54, 1.807) is 24.3 Å². The van der Waals surface area contributed by atoms with Crippen LogP contribution in [0.1, 0.15) is 21.9 Å². The average Bonchev–Trinajstić information content (AvgIpc) is 3.32. The number of rotatable bonds is 8. The first-order chi connectivity index (χ1) is 16.0. The van der Waals surface area contributed by atoms with Crippen LogP contribution in [-0.4, -0.2) is 43.0 Å². The van der Waals surface area contributed by atoms with E-state index < -0.39 is 17.9 Å². The van der Waals surface area contributed by atoms with Gasteiger partial charge in [0, 0.05) is 41.2 Å². The second-order valence-corrected chi connectivity index (χ2v) is 7.40. The minimum Gasteiger partial charge on any atom is -0.480 e. The molecule has 0 saturated carbocycles. The van der Waals surface area contributed by atoms with E-state index in [1.165, 1.54) is 12.5 Å². The van der Waals surface area contributed by atoms with Crippen LogP contribution in [0.5, 0.6) is 0 Å². The fourth-order valence-electron chi connectivity index (χ4n) is 3.33. The minimum atomic E-state index is -1.13. The van der Waals surface area contributed by atoms with Gasteiger partial charge in [-0.05, 0) is 25.1 Å². The monoisotopic (exact) mass is 442 g/mol. The lowest BCUT2D eigenvalue weighted by Crippen LogP contribution is -2.42. The number of anilines is 2. The predicted molar refractivity (Wildman–Crippen MR) is 123 cm³/mol. The van der Waals surface area contributed by atoms with E-state index in [-0.39, 0.29) is 6.42 Å². The maximum atomic E-state index is 12.7. The highest BCUT2D eigenvalue weighted by atomic mass is 16.4. The molecule has 4 aromatic rings. The van der Waals surface area contributed by atoms with Gasteiger partial charge in [-0.3, -0.25) is 4.79 Å². The molecule has 0 spiro atoms. The maximum Gasteiger partial charge on any atom is 0.326 e. The number of aliphatic carboxylic acids is 1. The lowest BCUT2D eigenvalue weighted by Gasteiger charge is -2.14. The average molecular weight is 442 g/mol. The van der Waals surface area contributed by atoms with E-state index >= 15 is 0 Å². The Morgan fingerprint density at radius 2 is 1.88 bits per heavy atom. The first kappa shape index (κ1) is 21.7. The lowest BCUT2D eigenvalue weighted by molar-refractivity contribution is -0.139. The van der Waals surface area contributed by atoms with Crippen LogP contribution in [0.3, 0.4) is 0 Å². The van der Waals surface area contributed by atoms with Crippen LogP contribution in [0, 0.1) is 6.92 Å². The topological polar surface area (TPSA) is 133 Å². The van der Waals surface area contributed by atoms with Crippen molar-refractivity contribution in [1.29, 1.82) is 0 Å². The molecule has 0 aliphatic carbocycles. The molecule has 2 aromatic heterocycles. The number of aromatic amines is 1. The molecular formula is C24H22N6O3. The van der Waals surface area contributed by atoms with Crippen molar-refractivity contribution < 1.29 is 14.7 Å². The molecular weight excluding hydrogens is 420 g/mol. The number of hydrogen-bond donors (Lipinski definition) is 4.